The fraction of sp³-hybridized carbons (Fsp3) is 0.611. The lowest BCUT2D eigenvalue weighted by Gasteiger charge is -2.25. The van der Waals surface area contributed by atoms with Gasteiger partial charge in [0.2, 0.25) is 0 Å². The predicted octanol–water partition coefficient (Wildman–Crippen LogP) is 2.83. The molecular formula is C18H26N2O2. The molecule has 1 aromatic rings. The van der Waals surface area contributed by atoms with E-state index in [0.29, 0.717) is 12.1 Å². The van der Waals surface area contributed by atoms with Crippen molar-refractivity contribution < 1.29 is 9.53 Å². The Morgan fingerprint density at radius 2 is 2.09 bits per heavy atom. The number of ether oxygens (including phenoxy) is 1. The van der Waals surface area contributed by atoms with Gasteiger partial charge < -0.3 is 15.0 Å². The van der Waals surface area contributed by atoms with Gasteiger partial charge in [-0.05, 0) is 63.8 Å². The topological polar surface area (TPSA) is 41.6 Å². The highest BCUT2D eigenvalue weighted by atomic mass is 16.5. The number of benzene rings is 1. The van der Waals surface area contributed by atoms with Gasteiger partial charge in [-0.3, -0.25) is 4.79 Å². The van der Waals surface area contributed by atoms with Crippen LogP contribution in [0.3, 0.4) is 0 Å². The number of carbonyl (C=O) groups is 1. The number of nitrogens with zero attached hydrogens (tertiary/aromatic N) is 1. The van der Waals surface area contributed by atoms with Gasteiger partial charge in [0.1, 0.15) is 5.75 Å². The maximum absolute atomic E-state index is 12.8. The number of likely N-dealkylation sites (N-methyl/N-ethyl adjacent to an activating group) is 1. The summed E-state index contributed by atoms with van der Waals surface area (Å²) in [6.07, 6.45) is 7.28. The van der Waals surface area contributed by atoms with Gasteiger partial charge in [0, 0.05) is 24.7 Å². The van der Waals surface area contributed by atoms with Crippen LogP contribution in [0.25, 0.3) is 0 Å². The minimum Gasteiger partial charge on any atom is -0.490 e. The third-order valence-corrected chi connectivity index (χ3v) is 4.76. The molecule has 1 aliphatic carbocycles. The van der Waals surface area contributed by atoms with Gasteiger partial charge in [0.15, 0.2) is 0 Å². The molecule has 22 heavy (non-hydrogen) atoms. The number of hydrogen-bond acceptors (Lipinski definition) is 3. The quantitative estimate of drug-likeness (QED) is 0.909. The molecule has 4 heteroatoms. The Hall–Kier alpha value is -1.55. The Labute approximate surface area is 132 Å². The lowest BCUT2D eigenvalue weighted by atomic mass is 10.1. The Balaban J connectivity index is 1.69. The molecule has 1 aromatic carbocycles. The van der Waals surface area contributed by atoms with Gasteiger partial charge in [-0.15, -0.1) is 0 Å². The van der Waals surface area contributed by atoms with Crippen molar-refractivity contribution in [1.29, 1.82) is 0 Å². The van der Waals surface area contributed by atoms with Gasteiger partial charge in [0.05, 0.1) is 6.10 Å². The largest absolute Gasteiger partial charge is 0.490 e. The maximum atomic E-state index is 12.8. The second-order valence-electron chi connectivity index (χ2n) is 6.40. The first-order valence-electron chi connectivity index (χ1n) is 8.50. The molecule has 1 unspecified atom stereocenters. The Morgan fingerprint density at radius 3 is 2.86 bits per heavy atom. The number of likely N-dealkylation sites (tertiary alicyclic amines) is 1. The van der Waals surface area contributed by atoms with Gasteiger partial charge in [-0.2, -0.15) is 0 Å². The Kier molecular flexibility index (Phi) is 4.98. The van der Waals surface area contributed by atoms with Crippen LogP contribution >= 0.6 is 0 Å². The molecule has 0 bridgehead atoms. The van der Waals surface area contributed by atoms with Crippen LogP contribution in [0, 0.1) is 0 Å². The van der Waals surface area contributed by atoms with Crippen molar-refractivity contribution in [2.45, 2.75) is 50.7 Å². The van der Waals surface area contributed by atoms with Gasteiger partial charge in [-0.1, -0.05) is 6.07 Å². The molecule has 1 N–H and O–H groups in total. The molecule has 1 amide bonds. The summed E-state index contributed by atoms with van der Waals surface area (Å²) in [5, 5.41) is 3.19. The van der Waals surface area contributed by atoms with Crippen molar-refractivity contribution in [2.75, 3.05) is 20.1 Å². The molecule has 1 heterocycles. The fourth-order valence-corrected chi connectivity index (χ4v) is 3.62. The second kappa shape index (κ2) is 7.14. The highest BCUT2D eigenvalue weighted by molar-refractivity contribution is 5.95. The first kappa shape index (κ1) is 15.3. The molecule has 1 saturated heterocycles. The predicted molar refractivity (Wildman–Crippen MR) is 87.3 cm³/mol. The maximum Gasteiger partial charge on any atom is 0.254 e. The average Bonchev–Trinajstić information content (AvgIpc) is 3.19. The normalized spacial score (nSPS) is 22.2. The van der Waals surface area contributed by atoms with Gasteiger partial charge >= 0.3 is 0 Å². The first-order valence-corrected chi connectivity index (χ1v) is 8.50. The summed E-state index contributed by atoms with van der Waals surface area (Å²) < 4.78 is 6.02. The Bertz CT molecular complexity index is 512. The zero-order valence-electron chi connectivity index (χ0n) is 13.4. The van der Waals surface area contributed by atoms with E-state index in [1.807, 2.05) is 36.2 Å². The van der Waals surface area contributed by atoms with Crippen molar-refractivity contribution >= 4 is 5.91 Å². The zero-order chi connectivity index (χ0) is 15.4. The number of rotatable bonds is 5. The molecular weight excluding hydrogens is 276 g/mol. The molecule has 0 spiro atoms. The van der Waals surface area contributed by atoms with Crippen LogP contribution in [0.1, 0.15) is 48.9 Å². The molecule has 1 aliphatic heterocycles. The summed E-state index contributed by atoms with van der Waals surface area (Å²) in [6, 6.07) is 8.02. The third kappa shape index (κ3) is 3.43. The van der Waals surface area contributed by atoms with E-state index in [0.717, 1.165) is 50.1 Å². The number of carbonyl (C=O) groups excluding carboxylic acids is 1. The number of nitrogens with one attached hydrogen (secondary N) is 1. The summed E-state index contributed by atoms with van der Waals surface area (Å²) in [7, 11) is 1.94. The molecule has 2 aliphatic rings. The van der Waals surface area contributed by atoms with Crippen molar-refractivity contribution in [3.05, 3.63) is 29.8 Å². The standard InChI is InChI=1S/C18H26N2O2/c1-19-13-15-7-5-11-20(15)18(21)14-6-4-10-17(12-14)22-16-8-2-3-9-16/h4,6,10,12,15-16,19H,2-3,5,7-9,11,13H2,1H3. The molecule has 1 saturated carbocycles. The molecule has 0 radical (unpaired) electrons. The van der Waals surface area contributed by atoms with E-state index in [1.54, 1.807) is 0 Å². The zero-order valence-corrected chi connectivity index (χ0v) is 13.4. The summed E-state index contributed by atoms with van der Waals surface area (Å²) in [5.41, 5.74) is 0.749. The van der Waals surface area contributed by atoms with Crippen molar-refractivity contribution in [3.8, 4) is 5.75 Å². The van der Waals surface area contributed by atoms with Crippen LogP contribution < -0.4 is 10.1 Å². The van der Waals surface area contributed by atoms with E-state index >= 15 is 0 Å². The second-order valence-corrected chi connectivity index (χ2v) is 6.40. The van der Waals surface area contributed by atoms with Gasteiger partial charge in [0.25, 0.3) is 5.91 Å². The van der Waals surface area contributed by atoms with E-state index in [-0.39, 0.29) is 5.91 Å². The molecule has 4 nitrogen and oxygen atoms in total. The summed E-state index contributed by atoms with van der Waals surface area (Å²) >= 11 is 0. The van der Waals surface area contributed by atoms with Crippen LogP contribution in [0.2, 0.25) is 0 Å². The fourth-order valence-electron chi connectivity index (χ4n) is 3.62. The average molecular weight is 302 g/mol. The van der Waals surface area contributed by atoms with Crippen LogP contribution in [-0.2, 0) is 0 Å². The molecule has 0 aromatic heterocycles. The van der Waals surface area contributed by atoms with Crippen LogP contribution in [0.15, 0.2) is 24.3 Å². The SMILES string of the molecule is CNCC1CCCN1C(=O)c1cccc(OC2CCCC2)c1. The van der Waals surface area contributed by atoms with Crippen LogP contribution in [-0.4, -0.2) is 43.1 Å². The summed E-state index contributed by atoms with van der Waals surface area (Å²) in [6.45, 7) is 1.73. The van der Waals surface area contributed by atoms with Crippen molar-refractivity contribution in [3.63, 3.8) is 0 Å². The monoisotopic (exact) mass is 302 g/mol. The van der Waals surface area contributed by atoms with E-state index in [2.05, 4.69) is 5.32 Å². The minimum atomic E-state index is 0.134. The van der Waals surface area contributed by atoms with Crippen LogP contribution in [0.5, 0.6) is 5.75 Å². The smallest absolute Gasteiger partial charge is 0.254 e. The molecule has 3 rings (SSSR count). The highest BCUT2D eigenvalue weighted by Gasteiger charge is 2.29. The number of hydrogen-bond donors (Lipinski definition) is 1. The summed E-state index contributed by atoms with van der Waals surface area (Å²) in [4.78, 5) is 14.8. The molecule has 2 fully saturated rings. The van der Waals surface area contributed by atoms with Crippen LogP contribution in [0.4, 0.5) is 0 Å². The molecule has 1 atom stereocenters. The van der Waals surface area contributed by atoms with E-state index in [1.165, 1.54) is 12.8 Å². The first-order chi connectivity index (χ1) is 10.8. The van der Waals surface area contributed by atoms with Crippen molar-refractivity contribution in [2.24, 2.45) is 0 Å². The lowest BCUT2D eigenvalue weighted by molar-refractivity contribution is 0.0736. The van der Waals surface area contributed by atoms with Crippen molar-refractivity contribution in [1.82, 2.24) is 10.2 Å². The Morgan fingerprint density at radius 1 is 1.27 bits per heavy atom. The van der Waals surface area contributed by atoms with Gasteiger partial charge in [-0.25, -0.2) is 0 Å². The number of amides is 1. The minimum absolute atomic E-state index is 0.134. The lowest BCUT2D eigenvalue weighted by Crippen LogP contribution is -2.40. The highest BCUT2D eigenvalue weighted by Crippen LogP contribution is 2.26. The summed E-state index contributed by atoms with van der Waals surface area (Å²) in [5.74, 6) is 0.969. The molecule has 120 valence electrons. The van der Waals surface area contributed by atoms with E-state index in [4.69, 9.17) is 4.74 Å². The van der Waals surface area contributed by atoms with E-state index < -0.39 is 0 Å². The third-order valence-electron chi connectivity index (χ3n) is 4.76. The van der Waals surface area contributed by atoms with E-state index in [9.17, 15) is 4.79 Å².